The first-order chi connectivity index (χ1) is 9.06. The van der Waals surface area contributed by atoms with Gasteiger partial charge in [-0.3, -0.25) is 4.57 Å². The number of aromatic nitrogens is 3. The van der Waals surface area contributed by atoms with Crippen molar-refractivity contribution in [2.45, 2.75) is 25.1 Å². The van der Waals surface area contributed by atoms with Gasteiger partial charge in [0.15, 0.2) is 5.16 Å². The second-order valence-corrected chi connectivity index (χ2v) is 6.46. The maximum atomic E-state index is 11.3. The van der Waals surface area contributed by atoms with Gasteiger partial charge < -0.3 is 9.64 Å². The Balaban J connectivity index is 1.82. The fraction of sp³-hybridized carbons (Fsp3) is 0.833. The molecule has 2 heterocycles. The molecule has 6 nitrogen and oxygen atoms in total. The maximum absolute atomic E-state index is 11.3. The zero-order valence-electron chi connectivity index (χ0n) is 11.8. The number of nitrogens with zero attached hydrogens (tertiary/aromatic N) is 2. The first-order valence-corrected chi connectivity index (χ1v) is 7.74. The molecule has 1 fully saturated rings. The van der Waals surface area contributed by atoms with Crippen LogP contribution < -0.4 is 10.6 Å². The van der Waals surface area contributed by atoms with E-state index < -0.39 is 0 Å². The molecule has 1 saturated heterocycles. The van der Waals surface area contributed by atoms with Gasteiger partial charge in [-0.2, -0.15) is 0 Å². The van der Waals surface area contributed by atoms with Crippen molar-refractivity contribution in [3.63, 3.8) is 0 Å². The predicted molar refractivity (Wildman–Crippen MR) is 74.7 cm³/mol. The molecule has 0 radical (unpaired) electrons. The number of H-pyrrole nitrogens is 1. The highest BCUT2D eigenvalue weighted by Crippen LogP contribution is 2.14. The lowest BCUT2D eigenvalue weighted by molar-refractivity contribution is -0.914. The average Bonchev–Trinajstić information content (AvgIpc) is 2.67. The Morgan fingerprint density at radius 3 is 3.05 bits per heavy atom. The average molecular weight is 287 g/mol. The summed E-state index contributed by atoms with van der Waals surface area (Å²) in [5.41, 5.74) is -0.167. The summed E-state index contributed by atoms with van der Waals surface area (Å²) in [5.74, 6) is 1.56. The zero-order valence-corrected chi connectivity index (χ0v) is 12.6. The molecule has 19 heavy (non-hydrogen) atoms. The smallest absolute Gasteiger partial charge is 0.343 e. The summed E-state index contributed by atoms with van der Waals surface area (Å²) in [6.07, 6.45) is 0.249. The Bertz CT molecular complexity index is 457. The number of nitrogens with one attached hydrogen (secondary N) is 2. The van der Waals surface area contributed by atoms with E-state index in [0.717, 1.165) is 30.6 Å². The zero-order chi connectivity index (χ0) is 13.8. The molecular weight excluding hydrogens is 264 g/mol. The molecule has 108 valence electrons. The standard InChI is InChI=1S/C12H22N4O2S/c1-9(2)6-16-4-5-18-10(7-16)8-19-12-14-13-11(17)15(12)3/h9-10H,4-8H2,1-3H3,(H,13,17)/p+1/t10-/m1/s1. The van der Waals surface area contributed by atoms with Gasteiger partial charge in [-0.1, -0.05) is 25.6 Å². The Labute approximate surface area is 117 Å². The van der Waals surface area contributed by atoms with Gasteiger partial charge in [-0.05, 0) is 0 Å². The van der Waals surface area contributed by atoms with Crippen LogP contribution in [-0.2, 0) is 11.8 Å². The van der Waals surface area contributed by atoms with Crippen molar-refractivity contribution in [2.75, 3.05) is 32.0 Å². The first-order valence-electron chi connectivity index (χ1n) is 6.75. The molecule has 0 bridgehead atoms. The second-order valence-electron chi connectivity index (χ2n) is 5.48. The third-order valence-corrected chi connectivity index (χ3v) is 4.42. The van der Waals surface area contributed by atoms with E-state index in [0.29, 0.717) is 5.92 Å². The molecule has 0 saturated carbocycles. The minimum Gasteiger partial charge on any atom is -0.366 e. The van der Waals surface area contributed by atoms with Crippen LogP contribution in [0, 0.1) is 5.92 Å². The molecule has 0 spiro atoms. The van der Waals surface area contributed by atoms with Gasteiger partial charge in [-0.25, -0.2) is 9.89 Å². The molecule has 2 rings (SSSR count). The molecule has 2 N–H and O–H groups in total. The van der Waals surface area contributed by atoms with Crippen molar-refractivity contribution in [1.82, 2.24) is 14.8 Å². The third kappa shape index (κ3) is 4.09. The van der Waals surface area contributed by atoms with Crippen molar-refractivity contribution in [1.29, 1.82) is 0 Å². The molecule has 0 amide bonds. The molecule has 2 atom stereocenters. The van der Waals surface area contributed by atoms with E-state index in [1.54, 1.807) is 23.7 Å². The summed E-state index contributed by atoms with van der Waals surface area (Å²) < 4.78 is 7.33. The molecule has 7 heteroatoms. The summed E-state index contributed by atoms with van der Waals surface area (Å²) in [7, 11) is 1.73. The highest BCUT2D eigenvalue weighted by atomic mass is 32.2. The van der Waals surface area contributed by atoms with Gasteiger partial charge in [0, 0.05) is 18.7 Å². The fourth-order valence-electron chi connectivity index (χ4n) is 2.35. The van der Waals surface area contributed by atoms with Crippen molar-refractivity contribution in [3.05, 3.63) is 10.5 Å². The van der Waals surface area contributed by atoms with Crippen molar-refractivity contribution < 1.29 is 9.64 Å². The molecule has 1 unspecified atom stereocenters. The molecule has 0 aromatic carbocycles. The monoisotopic (exact) mass is 287 g/mol. The van der Waals surface area contributed by atoms with Crippen LogP contribution in [0.1, 0.15) is 13.8 Å². The largest absolute Gasteiger partial charge is 0.366 e. The van der Waals surface area contributed by atoms with E-state index in [-0.39, 0.29) is 11.8 Å². The number of thioether (sulfide) groups is 1. The Hall–Kier alpha value is -0.790. The molecule has 1 aromatic rings. The Morgan fingerprint density at radius 1 is 1.63 bits per heavy atom. The van der Waals surface area contributed by atoms with Gasteiger partial charge >= 0.3 is 5.69 Å². The van der Waals surface area contributed by atoms with E-state index >= 15 is 0 Å². The molecule has 1 aromatic heterocycles. The summed E-state index contributed by atoms with van der Waals surface area (Å²) in [6, 6.07) is 0. The predicted octanol–water partition coefficient (Wildman–Crippen LogP) is -0.860. The Morgan fingerprint density at radius 2 is 2.42 bits per heavy atom. The van der Waals surface area contributed by atoms with Crippen LogP contribution in [0.25, 0.3) is 0 Å². The highest BCUT2D eigenvalue weighted by Gasteiger charge is 2.24. The van der Waals surface area contributed by atoms with Gasteiger partial charge in [-0.15, -0.1) is 5.10 Å². The first kappa shape index (κ1) is 14.6. The number of aromatic amines is 1. The summed E-state index contributed by atoms with van der Waals surface area (Å²) in [4.78, 5) is 12.9. The van der Waals surface area contributed by atoms with Crippen LogP contribution in [0.15, 0.2) is 9.95 Å². The molecule has 1 aliphatic rings. The number of morpholine rings is 1. The maximum Gasteiger partial charge on any atom is 0.343 e. The quantitative estimate of drug-likeness (QED) is 0.692. The highest BCUT2D eigenvalue weighted by molar-refractivity contribution is 7.99. The lowest BCUT2D eigenvalue weighted by atomic mass is 10.2. The number of hydrogen-bond donors (Lipinski definition) is 2. The van der Waals surface area contributed by atoms with Crippen LogP contribution in [0.2, 0.25) is 0 Å². The van der Waals surface area contributed by atoms with E-state index in [4.69, 9.17) is 4.74 Å². The minimum absolute atomic E-state index is 0.167. The van der Waals surface area contributed by atoms with Crippen LogP contribution in [-0.4, -0.2) is 52.9 Å². The Kier molecular flexibility index (Phi) is 5.06. The van der Waals surface area contributed by atoms with Crippen molar-refractivity contribution >= 4 is 11.8 Å². The molecule has 0 aliphatic carbocycles. The van der Waals surface area contributed by atoms with Gasteiger partial charge in [0.1, 0.15) is 19.2 Å². The number of quaternary nitrogens is 1. The summed E-state index contributed by atoms with van der Waals surface area (Å²) in [5, 5.41) is 7.17. The van der Waals surface area contributed by atoms with E-state index in [1.165, 1.54) is 11.1 Å². The van der Waals surface area contributed by atoms with Crippen molar-refractivity contribution in [3.8, 4) is 0 Å². The van der Waals surface area contributed by atoms with E-state index in [2.05, 4.69) is 24.0 Å². The topological polar surface area (TPSA) is 64.3 Å². The van der Waals surface area contributed by atoms with Crippen LogP contribution in [0.3, 0.4) is 0 Å². The third-order valence-electron chi connectivity index (χ3n) is 3.26. The minimum atomic E-state index is -0.167. The van der Waals surface area contributed by atoms with Gasteiger partial charge in [0.2, 0.25) is 0 Å². The normalized spacial score (nSPS) is 24.0. The van der Waals surface area contributed by atoms with E-state index in [9.17, 15) is 4.79 Å². The lowest BCUT2D eigenvalue weighted by Gasteiger charge is -2.30. The number of rotatable bonds is 5. The summed E-state index contributed by atoms with van der Waals surface area (Å²) in [6.45, 7) is 8.68. The number of ether oxygens (including phenoxy) is 1. The molecular formula is C12H23N4O2S+. The van der Waals surface area contributed by atoms with E-state index in [1.807, 2.05) is 0 Å². The van der Waals surface area contributed by atoms with Gasteiger partial charge in [0.05, 0.1) is 13.2 Å². The SMILES string of the molecule is CC(C)C[NH+]1CCO[C@@H](CSc2n[nH]c(=O)n2C)C1. The lowest BCUT2D eigenvalue weighted by Crippen LogP contribution is -3.15. The summed E-state index contributed by atoms with van der Waals surface area (Å²) >= 11 is 1.58. The van der Waals surface area contributed by atoms with Crippen LogP contribution >= 0.6 is 11.8 Å². The van der Waals surface area contributed by atoms with Gasteiger partial charge in [0.25, 0.3) is 0 Å². The molecule has 1 aliphatic heterocycles. The number of hydrogen-bond acceptors (Lipinski definition) is 4. The second kappa shape index (κ2) is 6.58. The van der Waals surface area contributed by atoms with Crippen LogP contribution in [0.4, 0.5) is 0 Å². The van der Waals surface area contributed by atoms with Crippen LogP contribution in [0.5, 0.6) is 0 Å². The van der Waals surface area contributed by atoms with Crippen molar-refractivity contribution in [2.24, 2.45) is 13.0 Å². The fourth-order valence-corrected chi connectivity index (χ4v) is 3.29.